The molecule has 0 saturated heterocycles. The number of fused-ring (bicyclic) bond motifs is 1. The maximum atomic E-state index is 13.5. The number of nitrogens with one attached hydrogen (secondary N) is 3. The topological polar surface area (TPSA) is 109 Å². The van der Waals surface area contributed by atoms with Crippen molar-refractivity contribution in [2.75, 3.05) is 5.32 Å². The zero-order valence-electron chi connectivity index (χ0n) is 19.2. The minimum Gasteiger partial charge on any atom is -0.444 e. The highest BCUT2D eigenvalue weighted by Crippen LogP contribution is 2.60. The van der Waals surface area contributed by atoms with Gasteiger partial charge < -0.3 is 20.7 Å². The summed E-state index contributed by atoms with van der Waals surface area (Å²) in [4.78, 5) is 42.6. The minimum atomic E-state index is -2.98. The molecule has 3 N–H and O–H groups in total. The molecule has 2 fully saturated rings. The molecule has 3 aliphatic rings. The normalized spacial score (nSPS) is 26.5. The molecule has 0 radical (unpaired) electrons. The second kappa shape index (κ2) is 8.18. The molecule has 1 aromatic rings. The molecule has 2 saturated carbocycles. The first-order valence-corrected chi connectivity index (χ1v) is 12.1. The van der Waals surface area contributed by atoms with Crippen molar-refractivity contribution in [2.24, 2.45) is 11.3 Å². The predicted molar refractivity (Wildman–Crippen MR) is 118 cm³/mol. The van der Waals surface area contributed by atoms with E-state index in [0.29, 0.717) is 24.4 Å². The molecule has 3 amide bonds. The molecule has 0 aromatic carbocycles. The van der Waals surface area contributed by atoms with E-state index >= 15 is 0 Å². The van der Waals surface area contributed by atoms with Crippen molar-refractivity contribution in [1.29, 1.82) is 0 Å². The SMILES string of the molecule is CC(C)(C)OC(=O)N[C@H](C(=O)NC1CCc2nc(NC(=O)C3(C)CC3(F)F)sc2C1)C1CC1. The van der Waals surface area contributed by atoms with Crippen LogP contribution in [0.2, 0.25) is 0 Å². The van der Waals surface area contributed by atoms with Crippen LogP contribution in [0, 0.1) is 11.3 Å². The lowest BCUT2D eigenvalue weighted by Gasteiger charge is -2.26. The average Bonchev–Trinajstić information content (AvgIpc) is 3.55. The van der Waals surface area contributed by atoms with Crippen LogP contribution < -0.4 is 16.0 Å². The van der Waals surface area contributed by atoms with E-state index in [0.717, 1.165) is 23.4 Å². The van der Waals surface area contributed by atoms with Crippen LogP contribution in [0.15, 0.2) is 0 Å². The van der Waals surface area contributed by atoms with Gasteiger partial charge in [0, 0.05) is 23.8 Å². The van der Waals surface area contributed by atoms with Gasteiger partial charge in [0.05, 0.1) is 5.69 Å². The molecule has 1 aromatic heterocycles. The van der Waals surface area contributed by atoms with Crippen molar-refractivity contribution < 1.29 is 27.9 Å². The summed E-state index contributed by atoms with van der Waals surface area (Å²) in [5.74, 6) is -3.83. The Hall–Kier alpha value is -2.30. The summed E-state index contributed by atoms with van der Waals surface area (Å²) in [6.07, 6.45) is 2.48. The largest absolute Gasteiger partial charge is 0.444 e. The van der Waals surface area contributed by atoms with Gasteiger partial charge in [0.25, 0.3) is 5.92 Å². The summed E-state index contributed by atoms with van der Waals surface area (Å²) in [6, 6.07) is -0.778. The number of aryl methyl sites for hydroxylation is 1. The molecule has 0 aliphatic heterocycles. The average molecular weight is 485 g/mol. The van der Waals surface area contributed by atoms with Crippen LogP contribution in [-0.4, -0.2) is 46.5 Å². The van der Waals surface area contributed by atoms with Crippen LogP contribution >= 0.6 is 11.3 Å². The number of anilines is 1. The van der Waals surface area contributed by atoms with E-state index in [1.54, 1.807) is 20.8 Å². The van der Waals surface area contributed by atoms with Crippen LogP contribution in [0.5, 0.6) is 0 Å². The third-order valence-corrected chi connectivity index (χ3v) is 7.35. The smallest absolute Gasteiger partial charge is 0.408 e. The van der Waals surface area contributed by atoms with E-state index in [-0.39, 0.29) is 17.9 Å². The summed E-state index contributed by atoms with van der Waals surface area (Å²) >= 11 is 1.25. The van der Waals surface area contributed by atoms with E-state index < -0.39 is 41.4 Å². The monoisotopic (exact) mass is 484 g/mol. The predicted octanol–water partition coefficient (Wildman–Crippen LogP) is 3.40. The van der Waals surface area contributed by atoms with E-state index in [4.69, 9.17) is 4.74 Å². The number of thiazole rings is 1. The van der Waals surface area contributed by atoms with Gasteiger partial charge in [-0.15, -0.1) is 11.3 Å². The van der Waals surface area contributed by atoms with Crippen LogP contribution in [0.1, 0.15) is 63.9 Å². The maximum absolute atomic E-state index is 13.5. The van der Waals surface area contributed by atoms with Gasteiger partial charge in [-0.25, -0.2) is 18.6 Å². The molecule has 2 unspecified atom stereocenters. The Bertz CT molecular complexity index is 972. The van der Waals surface area contributed by atoms with Crippen molar-refractivity contribution in [3.05, 3.63) is 10.6 Å². The number of carbonyl (C=O) groups is 3. The highest BCUT2D eigenvalue weighted by Gasteiger charge is 2.72. The molecular formula is C22H30F2N4O4S. The number of alkyl halides is 2. The number of rotatable bonds is 6. The summed E-state index contributed by atoms with van der Waals surface area (Å²) in [5, 5.41) is 8.58. The molecular weight excluding hydrogens is 454 g/mol. The number of halogens is 2. The Morgan fingerprint density at radius 3 is 2.45 bits per heavy atom. The standard InChI is InChI=1S/C22H30F2N4O4S/c1-20(2,3)32-19(31)27-15(11-5-6-11)16(29)25-12-7-8-13-14(9-12)33-18(26-13)28-17(30)21(4)10-22(21,23)24/h11-12,15H,5-10H2,1-4H3,(H,25,29)(H,27,31)(H,26,28,30)/t12?,15-,21?/m0/s1. The van der Waals surface area contributed by atoms with Crippen molar-refractivity contribution >= 4 is 34.4 Å². The van der Waals surface area contributed by atoms with Gasteiger partial charge in [0.15, 0.2) is 5.13 Å². The van der Waals surface area contributed by atoms with Gasteiger partial charge >= 0.3 is 6.09 Å². The first-order chi connectivity index (χ1) is 15.3. The molecule has 0 bridgehead atoms. The van der Waals surface area contributed by atoms with E-state index in [1.165, 1.54) is 18.3 Å². The number of alkyl carbamates (subject to hydrolysis) is 1. The van der Waals surface area contributed by atoms with Crippen LogP contribution in [0.3, 0.4) is 0 Å². The number of carbonyl (C=O) groups excluding carboxylic acids is 3. The molecule has 1 heterocycles. The van der Waals surface area contributed by atoms with Gasteiger partial charge in [-0.1, -0.05) is 0 Å². The van der Waals surface area contributed by atoms with Gasteiger partial charge in [0.1, 0.15) is 17.1 Å². The molecule has 11 heteroatoms. The Labute approximate surface area is 195 Å². The second-order valence-corrected chi connectivity index (χ2v) is 11.5. The first kappa shape index (κ1) is 23.8. The minimum absolute atomic E-state index is 0.101. The van der Waals surface area contributed by atoms with Gasteiger partial charge in [-0.2, -0.15) is 0 Å². The first-order valence-electron chi connectivity index (χ1n) is 11.3. The molecule has 3 aliphatic carbocycles. The lowest BCUT2D eigenvalue weighted by Crippen LogP contribution is -2.52. The Morgan fingerprint density at radius 1 is 1.21 bits per heavy atom. The summed E-state index contributed by atoms with van der Waals surface area (Å²) in [7, 11) is 0. The van der Waals surface area contributed by atoms with Crippen molar-refractivity contribution in [3.63, 3.8) is 0 Å². The molecule has 8 nitrogen and oxygen atoms in total. The summed E-state index contributed by atoms with van der Waals surface area (Å²) in [6.45, 7) is 6.55. The summed E-state index contributed by atoms with van der Waals surface area (Å²) < 4.78 is 32.2. The molecule has 0 spiro atoms. The van der Waals surface area contributed by atoms with Crippen molar-refractivity contribution in [1.82, 2.24) is 15.6 Å². The highest BCUT2D eigenvalue weighted by molar-refractivity contribution is 7.15. The molecule has 33 heavy (non-hydrogen) atoms. The number of aromatic nitrogens is 1. The molecule has 3 atom stereocenters. The number of nitrogens with zero attached hydrogens (tertiary/aromatic N) is 1. The number of hydrogen-bond acceptors (Lipinski definition) is 6. The Morgan fingerprint density at radius 2 is 1.88 bits per heavy atom. The van der Waals surface area contributed by atoms with E-state index in [9.17, 15) is 23.2 Å². The molecule has 4 rings (SSSR count). The Balaban J connectivity index is 1.33. The lowest BCUT2D eigenvalue weighted by atomic mass is 9.97. The summed E-state index contributed by atoms with van der Waals surface area (Å²) in [5.41, 5.74) is -1.51. The quantitative estimate of drug-likeness (QED) is 0.573. The van der Waals surface area contributed by atoms with Crippen LogP contribution in [0.25, 0.3) is 0 Å². The van der Waals surface area contributed by atoms with Crippen LogP contribution in [0.4, 0.5) is 18.7 Å². The number of amides is 3. The third kappa shape index (κ3) is 5.28. The fourth-order valence-electron chi connectivity index (χ4n) is 3.99. The fourth-order valence-corrected chi connectivity index (χ4v) is 5.07. The van der Waals surface area contributed by atoms with E-state index in [2.05, 4.69) is 20.9 Å². The van der Waals surface area contributed by atoms with Crippen LogP contribution in [-0.2, 0) is 27.2 Å². The van der Waals surface area contributed by atoms with Crippen molar-refractivity contribution in [2.45, 2.75) is 89.8 Å². The van der Waals surface area contributed by atoms with Gasteiger partial charge in [-0.05, 0) is 59.3 Å². The zero-order valence-corrected chi connectivity index (χ0v) is 20.0. The number of hydrogen-bond donors (Lipinski definition) is 3. The third-order valence-electron chi connectivity index (χ3n) is 6.31. The fraction of sp³-hybridized carbons (Fsp3) is 0.727. The van der Waals surface area contributed by atoms with E-state index in [1.807, 2.05) is 0 Å². The highest BCUT2D eigenvalue weighted by atomic mass is 32.1. The second-order valence-electron chi connectivity index (χ2n) is 10.5. The maximum Gasteiger partial charge on any atom is 0.408 e. The van der Waals surface area contributed by atoms with Gasteiger partial charge in [0.2, 0.25) is 11.8 Å². The van der Waals surface area contributed by atoms with Crippen molar-refractivity contribution in [3.8, 4) is 0 Å². The Kier molecular flexibility index (Phi) is 5.91. The lowest BCUT2D eigenvalue weighted by molar-refractivity contribution is -0.125. The van der Waals surface area contributed by atoms with Gasteiger partial charge in [-0.3, -0.25) is 9.59 Å². The zero-order chi connectivity index (χ0) is 24.2. The number of ether oxygens (including phenoxy) is 1. The molecule has 182 valence electrons.